The molecule has 37 heavy (non-hydrogen) atoms. The van der Waals surface area contributed by atoms with E-state index >= 15 is 4.39 Å². The van der Waals surface area contributed by atoms with E-state index in [0.29, 0.717) is 23.2 Å². The van der Waals surface area contributed by atoms with Crippen molar-refractivity contribution in [2.45, 2.75) is 49.6 Å². The Bertz CT molecular complexity index is 1480. The molecule has 0 amide bonds. The van der Waals surface area contributed by atoms with Gasteiger partial charge in [-0.3, -0.25) is 0 Å². The molecule has 0 radical (unpaired) electrons. The molecule has 1 aliphatic carbocycles. The Morgan fingerprint density at radius 2 is 1.68 bits per heavy atom. The van der Waals surface area contributed by atoms with Gasteiger partial charge in [-0.2, -0.15) is 0 Å². The molecule has 2 saturated heterocycles. The van der Waals surface area contributed by atoms with Crippen LogP contribution in [0.3, 0.4) is 0 Å². The molecule has 5 nitrogen and oxygen atoms in total. The van der Waals surface area contributed by atoms with Crippen LogP contribution < -0.4 is 10.2 Å². The highest BCUT2D eigenvalue weighted by molar-refractivity contribution is 6.00. The first-order valence-electron chi connectivity index (χ1n) is 13.7. The summed E-state index contributed by atoms with van der Waals surface area (Å²) >= 11 is 0. The minimum atomic E-state index is -0.236. The van der Waals surface area contributed by atoms with E-state index in [1.54, 1.807) is 0 Å². The molecule has 1 aromatic heterocycles. The van der Waals surface area contributed by atoms with Crippen molar-refractivity contribution in [3.63, 3.8) is 0 Å². The van der Waals surface area contributed by atoms with Gasteiger partial charge in [0.25, 0.3) is 0 Å². The number of benzene rings is 3. The number of aromatic nitrogens is 2. The van der Waals surface area contributed by atoms with Gasteiger partial charge in [-0.15, -0.1) is 0 Å². The molecule has 1 N–H and O–H groups in total. The van der Waals surface area contributed by atoms with Crippen molar-refractivity contribution < 1.29 is 4.39 Å². The van der Waals surface area contributed by atoms with E-state index in [0.717, 1.165) is 72.3 Å². The molecular formula is C31H34FN5. The Morgan fingerprint density at radius 1 is 0.919 bits per heavy atom. The molecule has 2 unspecified atom stereocenters. The third-order valence-electron chi connectivity index (χ3n) is 8.75. The van der Waals surface area contributed by atoms with Crippen LogP contribution in [0.2, 0.25) is 0 Å². The maximum Gasteiger partial charge on any atom is 0.157 e. The van der Waals surface area contributed by atoms with Crippen LogP contribution in [0.1, 0.15) is 37.9 Å². The summed E-state index contributed by atoms with van der Waals surface area (Å²) < 4.78 is 16.6. The molecule has 3 fully saturated rings. The monoisotopic (exact) mass is 495 g/mol. The Labute approximate surface area is 217 Å². The van der Waals surface area contributed by atoms with Gasteiger partial charge in [0.05, 0.1) is 0 Å². The maximum atomic E-state index is 16.6. The van der Waals surface area contributed by atoms with Crippen LogP contribution >= 0.6 is 0 Å². The Morgan fingerprint density at radius 3 is 2.43 bits per heavy atom. The highest BCUT2D eigenvalue weighted by Crippen LogP contribution is 2.51. The van der Waals surface area contributed by atoms with Crippen LogP contribution in [-0.4, -0.2) is 60.7 Å². The summed E-state index contributed by atoms with van der Waals surface area (Å²) in [5, 5.41) is 6.72. The van der Waals surface area contributed by atoms with Gasteiger partial charge in [0.2, 0.25) is 0 Å². The Balaban J connectivity index is 1.41. The van der Waals surface area contributed by atoms with Crippen LogP contribution in [0.25, 0.3) is 32.8 Å². The van der Waals surface area contributed by atoms with Crippen LogP contribution in [0.5, 0.6) is 0 Å². The molecule has 3 aliphatic rings. The minimum Gasteiger partial charge on any atom is -0.353 e. The van der Waals surface area contributed by atoms with E-state index in [1.165, 1.54) is 12.8 Å². The number of nitrogens with one attached hydrogen (secondary N) is 1. The maximum absolute atomic E-state index is 16.6. The van der Waals surface area contributed by atoms with Crippen LogP contribution in [0.15, 0.2) is 54.6 Å². The fraction of sp³-hybridized carbons (Fsp3) is 0.419. The van der Waals surface area contributed by atoms with Crippen molar-refractivity contribution in [2.24, 2.45) is 0 Å². The largest absolute Gasteiger partial charge is 0.353 e. The molecule has 2 aliphatic heterocycles. The molecule has 0 spiro atoms. The normalized spacial score (nSPS) is 22.3. The van der Waals surface area contributed by atoms with Crippen molar-refractivity contribution in [3.8, 4) is 11.1 Å². The molecule has 3 aromatic carbocycles. The first kappa shape index (κ1) is 23.1. The minimum absolute atomic E-state index is 0.0396. The van der Waals surface area contributed by atoms with Crippen molar-refractivity contribution in [1.29, 1.82) is 0 Å². The second-order valence-electron chi connectivity index (χ2n) is 11.6. The van der Waals surface area contributed by atoms with Gasteiger partial charge in [0.1, 0.15) is 17.2 Å². The van der Waals surface area contributed by atoms with E-state index in [-0.39, 0.29) is 11.2 Å². The van der Waals surface area contributed by atoms with E-state index in [4.69, 9.17) is 9.97 Å². The number of piperazine rings is 1. The molecule has 7 rings (SSSR count). The number of hydrogen-bond acceptors (Lipinski definition) is 5. The molecular weight excluding hydrogens is 461 g/mol. The second kappa shape index (κ2) is 8.74. The molecule has 4 aromatic rings. The van der Waals surface area contributed by atoms with Gasteiger partial charge < -0.3 is 15.1 Å². The summed E-state index contributed by atoms with van der Waals surface area (Å²) in [6.07, 6.45) is 5.54. The average molecular weight is 496 g/mol. The molecule has 1 saturated carbocycles. The number of hydrogen-bond donors (Lipinski definition) is 1. The summed E-state index contributed by atoms with van der Waals surface area (Å²) in [7, 11) is 4.21. The predicted octanol–water partition coefficient (Wildman–Crippen LogP) is 5.51. The number of rotatable bonds is 6. The standard InChI is InChI=1S/C31H34FN5/c1-36(2)17-16-31(14-15-31)30-34-28-26(29(35-30)37-18-21-10-11-22(19-37)33-21)13-12-25(27(28)32)24-9-5-7-20-6-3-4-8-23(20)24/h3-9,12-13,21-22,33H,10-11,14-19H2,1-2H3. The topological polar surface area (TPSA) is 44.3 Å². The van der Waals surface area contributed by atoms with Crippen molar-refractivity contribution >= 4 is 27.5 Å². The lowest BCUT2D eigenvalue weighted by molar-refractivity contribution is 0.370. The number of anilines is 1. The zero-order valence-corrected chi connectivity index (χ0v) is 21.7. The van der Waals surface area contributed by atoms with Gasteiger partial charge in [-0.1, -0.05) is 48.5 Å². The third-order valence-corrected chi connectivity index (χ3v) is 8.75. The Hall–Kier alpha value is -3.09. The smallest absolute Gasteiger partial charge is 0.157 e. The number of halogens is 1. The van der Waals surface area contributed by atoms with Crippen LogP contribution in [0, 0.1) is 5.82 Å². The van der Waals surface area contributed by atoms with E-state index in [9.17, 15) is 0 Å². The number of nitrogens with zero attached hydrogens (tertiary/aromatic N) is 4. The fourth-order valence-corrected chi connectivity index (χ4v) is 6.44. The highest BCUT2D eigenvalue weighted by atomic mass is 19.1. The zero-order chi connectivity index (χ0) is 25.1. The summed E-state index contributed by atoms with van der Waals surface area (Å²) in [5.41, 5.74) is 1.95. The van der Waals surface area contributed by atoms with Gasteiger partial charge >= 0.3 is 0 Å². The molecule has 2 atom stereocenters. The zero-order valence-electron chi connectivity index (χ0n) is 21.7. The third kappa shape index (κ3) is 3.98. The first-order valence-corrected chi connectivity index (χ1v) is 13.7. The highest BCUT2D eigenvalue weighted by Gasteiger charge is 2.47. The van der Waals surface area contributed by atoms with E-state index < -0.39 is 0 Å². The predicted molar refractivity (Wildman–Crippen MR) is 149 cm³/mol. The van der Waals surface area contributed by atoms with Crippen molar-refractivity contribution in [3.05, 3.63) is 66.2 Å². The van der Waals surface area contributed by atoms with Gasteiger partial charge in [-0.05, 0) is 75.1 Å². The fourth-order valence-electron chi connectivity index (χ4n) is 6.44. The van der Waals surface area contributed by atoms with Crippen molar-refractivity contribution in [1.82, 2.24) is 20.2 Å². The van der Waals surface area contributed by atoms with Gasteiger partial charge in [-0.25, -0.2) is 14.4 Å². The second-order valence-corrected chi connectivity index (χ2v) is 11.6. The molecule has 3 heterocycles. The quantitative estimate of drug-likeness (QED) is 0.382. The van der Waals surface area contributed by atoms with Crippen molar-refractivity contribution in [2.75, 3.05) is 38.6 Å². The summed E-state index contributed by atoms with van der Waals surface area (Å²) in [4.78, 5) is 14.9. The van der Waals surface area contributed by atoms with E-state index in [1.807, 2.05) is 30.3 Å². The lowest BCUT2D eigenvalue weighted by atomic mass is 9.96. The van der Waals surface area contributed by atoms with Crippen LogP contribution in [0.4, 0.5) is 10.2 Å². The molecule has 6 heteroatoms. The average Bonchev–Trinajstić information content (AvgIpc) is 3.64. The van der Waals surface area contributed by atoms with Gasteiger partial charge in [0, 0.05) is 41.5 Å². The first-order chi connectivity index (χ1) is 18.0. The Kier molecular flexibility index (Phi) is 5.45. The SMILES string of the molecule is CN(C)CCC1(c2nc(N3CC4CCC(C3)N4)c3ccc(-c4cccc5ccccc45)c(F)c3n2)CC1. The number of fused-ring (bicyclic) bond motifs is 4. The lowest BCUT2D eigenvalue weighted by Crippen LogP contribution is -2.51. The van der Waals surface area contributed by atoms with Gasteiger partial charge in [0.15, 0.2) is 5.82 Å². The summed E-state index contributed by atoms with van der Waals surface area (Å²) in [6.45, 7) is 2.81. The van der Waals surface area contributed by atoms with Crippen LogP contribution in [-0.2, 0) is 5.41 Å². The lowest BCUT2D eigenvalue weighted by Gasteiger charge is -2.35. The molecule has 190 valence electrons. The summed E-state index contributed by atoms with van der Waals surface area (Å²) in [6, 6.07) is 19.3. The summed E-state index contributed by atoms with van der Waals surface area (Å²) in [5.74, 6) is 1.51. The van der Waals surface area contributed by atoms with E-state index in [2.05, 4.69) is 53.5 Å². The molecule has 2 bridgehead atoms.